The number of aryl methyl sites for hydroxylation is 1. The van der Waals surface area contributed by atoms with Crippen LogP contribution in [0.3, 0.4) is 0 Å². The van der Waals surface area contributed by atoms with Crippen molar-refractivity contribution in [1.29, 1.82) is 0 Å². The zero-order valence-electron chi connectivity index (χ0n) is 10.3. The van der Waals surface area contributed by atoms with E-state index in [-0.39, 0.29) is 0 Å². The summed E-state index contributed by atoms with van der Waals surface area (Å²) >= 11 is 1.44. The number of rotatable bonds is 4. The maximum Gasteiger partial charge on any atom is 0.339 e. The van der Waals surface area contributed by atoms with Crippen molar-refractivity contribution in [2.24, 2.45) is 0 Å². The van der Waals surface area contributed by atoms with Crippen LogP contribution in [-0.4, -0.2) is 31.6 Å². The fourth-order valence-electron chi connectivity index (χ4n) is 1.63. The zero-order valence-corrected chi connectivity index (χ0v) is 11.1. The van der Waals surface area contributed by atoms with Gasteiger partial charge < -0.3 is 14.6 Å². The van der Waals surface area contributed by atoms with Gasteiger partial charge in [0.1, 0.15) is 5.75 Å². The molecular weight excluding hydrogens is 240 g/mol. The normalized spacial score (nSPS) is 12.1. The molecule has 5 heteroatoms. The van der Waals surface area contributed by atoms with Gasteiger partial charge in [-0.15, -0.1) is 11.8 Å². The van der Waals surface area contributed by atoms with E-state index >= 15 is 0 Å². The highest BCUT2D eigenvalue weighted by Gasteiger charge is 2.26. The molecule has 1 N–H and O–H groups in total. The van der Waals surface area contributed by atoms with Crippen LogP contribution < -0.4 is 4.74 Å². The van der Waals surface area contributed by atoms with Gasteiger partial charge >= 0.3 is 5.97 Å². The number of hydrogen-bond donors (Lipinski definition) is 1. The largest absolute Gasteiger partial charge is 0.496 e. The Bertz CT molecular complexity index is 417. The molecule has 0 fully saturated rings. The second-order valence-corrected chi connectivity index (χ2v) is 4.31. The average molecular weight is 256 g/mol. The van der Waals surface area contributed by atoms with Crippen LogP contribution >= 0.6 is 11.8 Å². The van der Waals surface area contributed by atoms with Crippen molar-refractivity contribution in [3.05, 3.63) is 23.3 Å². The highest BCUT2D eigenvalue weighted by atomic mass is 32.2. The fraction of sp³-hybridized carbons (Fsp3) is 0.417. The smallest absolute Gasteiger partial charge is 0.339 e. The van der Waals surface area contributed by atoms with Crippen LogP contribution in [0.2, 0.25) is 0 Å². The topological polar surface area (TPSA) is 55.8 Å². The van der Waals surface area contributed by atoms with E-state index in [1.807, 2.05) is 25.3 Å². The van der Waals surface area contributed by atoms with Gasteiger partial charge in [-0.25, -0.2) is 4.79 Å². The highest BCUT2D eigenvalue weighted by molar-refractivity contribution is 7.98. The molecule has 17 heavy (non-hydrogen) atoms. The Morgan fingerprint density at radius 3 is 2.53 bits per heavy atom. The van der Waals surface area contributed by atoms with Gasteiger partial charge in [0.15, 0.2) is 6.10 Å². The number of aliphatic hydroxyl groups excluding tert-OH is 1. The van der Waals surface area contributed by atoms with E-state index in [1.54, 1.807) is 0 Å². The maximum absolute atomic E-state index is 11.4. The Kier molecular flexibility index (Phi) is 4.84. The van der Waals surface area contributed by atoms with E-state index in [1.165, 1.54) is 26.0 Å². The first-order valence-corrected chi connectivity index (χ1v) is 6.26. The predicted octanol–water partition coefficient (Wildman–Crippen LogP) is 1.93. The highest BCUT2D eigenvalue weighted by Crippen LogP contribution is 2.36. The lowest BCUT2D eigenvalue weighted by atomic mass is 10.0. The Morgan fingerprint density at radius 2 is 2.06 bits per heavy atom. The zero-order chi connectivity index (χ0) is 13.0. The van der Waals surface area contributed by atoms with Crippen molar-refractivity contribution >= 4 is 17.7 Å². The summed E-state index contributed by atoms with van der Waals surface area (Å²) < 4.78 is 9.80. The molecule has 0 saturated carbocycles. The number of carbonyl (C=O) groups is 1. The Balaban J connectivity index is 3.36. The SMILES string of the molecule is COC(=O)C(O)c1c(SC)ccc(C)c1OC. The third kappa shape index (κ3) is 2.73. The van der Waals surface area contributed by atoms with Crippen LogP contribution in [0.15, 0.2) is 17.0 Å². The molecule has 0 bridgehead atoms. The quantitative estimate of drug-likeness (QED) is 0.659. The summed E-state index contributed by atoms with van der Waals surface area (Å²) in [5, 5.41) is 9.97. The Morgan fingerprint density at radius 1 is 1.41 bits per heavy atom. The van der Waals surface area contributed by atoms with Crippen LogP contribution in [0.25, 0.3) is 0 Å². The standard InChI is InChI=1S/C12H16O4S/c1-7-5-6-8(17-4)9(11(7)15-2)10(13)12(14)16-3/h5-6,10,13H,1-4H3. The van der Waals surface area contributed by atoms with E-state index in [4.69, 9.17) is 4.74 Å². The molecule has 0 aliphatic heterocycles. The molecule has 0 aromatic heterocycles. The van der Waals surface area contributed by atoms with Gasteiger partial charge in [0.25, 0.3) is 0 Å². The molecule has 1 unspecified atom stereocenters. The molecule has 1 rings (SSSR count). The van der Waals surface area contributed by atoms with E-state index < -0.39 is 12.1 Å². The minimum Gasteiger partial charge on any atom is -0.496 e. The first-order valence-electron chi connectivity index (χ1n) is 5.04. The second kappa shape index (κ2) is 5.93. The summed E-state index contributed by atoms with van der Waals surface area (Å²) in [6.07, 6.45) is 0.551. The first-order chi connectivity index (χ1) is 8.06. The predicted molar refractivity (Wildman–Crippen MR) is 66.5 cm³/mol. The van der Waals surface area contributed by atoms with Gasteiger partial charge in [-0.2, -0.15) is 0 Å². The molecule has 1 atom stereocenters. The molecule has 0 amide bonds. The fourth-order valence-corrected chi connectivity index (χ4v) is 2.26. The third-order valence-corrected chi connectivity index (χ3v) is 3.27. The molecular formula is C12H16O4S. The van der Waals surface area contributed by atoms with E-state index in [9.17, 15) is 9.90 Å². The lowest BCUT2D eigenvalue weighted by Gasteiger charge is -2.18. The number of benzene rings is 1. The van der Waals surface area contributed by atoms with Gasteiger partial charge in [0.2, 0.25) is 0 Å². The van der Waals surface area contributed by atoms with Crippen molar-refractivity contribution < 1.29 is 19.4 Å². The third-order valence-electron chi connectivity index (χ3n) is 2.47. The van der Waals surface area contributed by atoms with Gasteiger partial charge in [0, 0.05) is 10.5 Å². The first kappa shape index (κ1) is 13.9. The van der Waals surface area contributed by atoms with Crippen molar-refractivity contribution in [3.8, 4) is 5.75 Å². The summed E-state index contributed by atoms with van der Waals surface area (Å²) in [6.45, 7) is 1.86. The van der Waals surface area contributed by atoms with Crippen LogP contribution in [0.4, 0.5) is 0 Å². The molecule has 1 aromatic carbocycles. The van der Waals surface area contributed by atoms with Crippen LogP contribution in [0.1, 0.15) is 17.2 Å². The molecule has 0 aliphatic carbocycles. The lowest BCUT2D eigenvalue weighted by Crippen LogP contribution is -2.15. The number of carbonyl (C=O) groups excluding carboxylic acids is 1. The monoisotopic (exact) mass is 256 g/mol. The summed E-state index contributed by atoms with van der Waals surface area (Å²) in [7, 11) is 2.76. The number of aliphatic hydroxyl groups is 1. The molecule has 1 aromatic rings. The number of hydrogen-bond acceptors (Lipinski definition) is 5. The minimum atomic E-state index is -1.32. The van der Waals surface area contributed by atoms with Crippen LogP contribution in [-0.2, 0) is 9.53 Å². The molecule has 0 spiro atoms. The minimum absolute atomic E-state index is 0.465. The van der Waals surface area contributed by atoms with Gasteiger partial charge in [-0.3, -0.25) is 0 Å². The van der Waals surface area contributed by atoms with E-state index in [2.05, 4.69) is 4.74 Å². The van der Waals surface area contributed by atoms with Crippen LogP contribution in [0, 0.1) is 6.92 Å². The van der Waals surface area contributed by atoms with Crippen molar-refractivity contribution in [3.63, 3.8) is 0 Å². The summed E-state index contributed by atoms with van der Waals surface area (Å²) in [5.41, 5.74) is 1.33. The number of thioether (sulfide) groups is 1. The van der Waals surface area contributed by atoms with E-state index in [0.29, 0.717) is 11.3 Å². The molecule has 0 heterocycles. The summed E-state index contributed by atoms with van der Waals surface area (Å²) in [5.74, 6) is -0.168. The summed E-state index contributed by atoms with van der Waals surface area (Å²) in [4.78, 5) is 12.2. The molecule has 94 valence electrons. The van der Waals surface area contributed by atoms with Gasteiger partial charge in [-0.1, -0.05) is 6.07 Å². The summed E-state index contributed by atoms with van der Waals surface area (Å²) in [6, 6.07) is 3.74. The lowest BCUT2D eigenvalue weighted by molar-refractivity contribution is -0.150. The molecule has 0 aliphatic rings. The van der Waals surface area contributed by atoms with Crippen molar-refractivity contribution in [2.45, 2.75) is 17.9 Å². The second-order valence-electron chi connectivity index (χ2n) is 3.46. The molecule has 0 radical (unpaired) electrons. The Labute approximate surface area is 105 Å². The molecule has 4 nitrogen and oxygen atoms in total. The number of esters is 1. The Hall–Kier alpha value is -1.20. The maximum atomic E-state index is 11.4. The van der Waals surface area contributed by atoms with Crippen molar-refractivity contribution in [1.82, 2.24) is 0 Å². The number of methoxy groups -OCH3 is 2. The van der Waals surface area contributed by atoms with E-state index in [0.717, 1.165) is 10.5 Å². The molecule has 0 saturated heterocycles. The van der Waals surface area contributed by atoms with Gasteiger partial charge in [-0.05, 0) is 24.8 Å². The average Bonchev–Trinajstić information content (AvgIpc) is 2.36. The van der Waals surface area contributed by atoms with Crippen LogP contribution in [0.5, 0.6) is 5.75 Å². The van der Waals surface area contributed by atoms with Crippen molar-refractivity contribution in [2.75, 3.05) is 20.5 Å². The van der Waals surface area contributed by atoms with Gasteiger partial charge in [0.05, 0.1) is 14.2 Å². The number of ether oxygens (including phenoxy) is 2.